The molecule has 3 heterocycles. The lowest BCUT2D eigenvalue weighted by molar-refractivity contribution is -0.126. The number of fused-ring (bicyclic) bond motifs is 1. The molecule has 1 aliphatic heterocycles. The molecule has 4 rings (SSSR count). The van der Waals surface area contributed by atoms with Crippen LogP contribution in [-0.4, -0.2) is 22.7 Å². The average Bonchev–Trinajstić information content (AvgIpc) is 3.32. The first-order valence-electron chi connectivity index (χ1n) is 8.10. The molecule has 1 aliphatic rings. The number of nitrogens with zero attached hydrogens (tertiary/aromatic N) is 2. The van der Waals surface area contributed by atoms with Gasteiger partial charge >= 0.3 is 0 Å². The van der Waals surface area contributed by atoms with Gasteiger partial charge in [0, 0.05) is 4.88 Å². The Kier molecular flexibility index (Phi) is 4.47. The molecule has 25 heavy (non-hydrogen) atoms. The number of hydrogen-bond acceptors (Lipinski definition) is 6. The number of nitrogens with one attached hydrogen (secondary N) is 1. The van der Waals surface area contributed by atoms with Gasteiger partial charge in [0.1, 0.15) is 12.4 Å². The standard InChI is InChI=1S/C18H17N3O3S/c22-18(13-8-12-4-1-2-6-15(12)23-11-13)19-10-16-20-17(24-21-16)9-14-5-3-7-25-14/h1-7,13H,8-11H2,(H,19,22)/t13-/m0/s1. The lowest BCUT2D eigenvalue weighted by Gasteiger charge is -2.24. The second kappa shape index (κ2) is 7.06. The molecule has 0 unspecified atom stereocenters. The van der Waals surface area contributed by atoms with E-state index in [1.807, 2.05) is 41.8 Å². The molecular weight excluding hydrogens is 338 g/mol. The minimum atomic E-state index is -0.201. The number of aromatic nitrogens is 2. The van der Waals surface area contributed by atoms with Gasteiger partial charge in [-0.3, -0.25) is 4.79 Å². The third-order valence-electron chi connectivity index (χ3n) is 4.09. The molecule has 0 fully saturated rings. The molecule has 0 saturated heterocycles. The number of carbonyl (C=O) groups is 1. The second-order valence-electron chi connectivity index (χ2n) is 5.90. The lowest BCUT2D eigenvalue weighted by Crippen LogP contribution is -2.37. The molecule has 1 N–H and O–H groups in total. The predicted molar refractivity (Wildman–Crippen MR) is 92.4 cm³/mol. The van der Waals surface area contributed by atoms with Crippen LogP contribution in [-0.2, 0) is 24.2 Å². The van der Waals surface area contributed by atoms with Crippen LogP contribution < -0.4 is 10.1 Å². The fraction of sp³-hybridized carbons (Fsp3) is 0.278. The van der Waals surface area contributed by atoms with Gasteiger partial charge in [-0.2, -0.15) is 4.98 Å². The summed E-state index contributed by atoms with van der Waals surface area (Å²) in [5.74, 6) is 1.65. The molecule has 1 atom stereocenters. The molecule has 7 heteroatoms. The van der Waals surface area contributed by atoms with Crippen LogP contribution in [0.15, 0.2) is 46.3 Å². The molecule has 0 bridgehead atoms. The number of amides is 1. The SMILES string of the molecule is O=C(NCc1noc(Cc2cccs2)n1)[C@@H]1COc2ccccc2C1. The van der Waals surface area contributed by atoms with E-state index in [0.29, 0.717) is 31.2 Å². The molecule has 0 aliphatic carbocycles. The van der Waals surface area contributed by atoms with Crippen molar-refractivity contribution in [2.75, 3.05) is 6.61 Å². The molecule has 1 amide bonds. The van der Waals surface area contributed by atoms with Gasteiger partial charge in [0.05, 0.1) is 18.9 Å². The molecule has 0 radical (unpaired) electrons. The summed E-state index contributed by atoms with van der Waals surface area (Å²) >= 11 is 1.65. The summed E-state index contributed by atoms with van der Waals surface area (Å²) in [5, 5.41) is 8.80. The number of ether oxygens (including phenoxy) is 1. The number of para-hydroxylation sites is 1. The van der Waals surface area contributed by atoms with Crippen molar-refractivity contribution in [2.45, 2.75) is 19.4 Å². The van der Waals surface area contributed by atoms with Gasteiger partial charge in [-0.15, -0.1) is 11.3 Å². The zero-order chi connectivity index (χ0) is 17.1. The van der Waals surface area contributed by atoms with Crippen molar-refractivity contribution in [3.8, 4) is 5.75 Å². The van der Waals surface area contributed by atoms with Gasteiger partial charge in [-0.05, 0) is 29.5 Å². The minimum Gasteiger partial charge on any atom is -0.492 e. The van der Waals surface area contributed by atoms with E-state index in [-0.39, 0.29) is 18.4 Å². The maximum atomic E-state index is 12.4. The van der Waals surface area contributed by atoms with Crippen molar-refractivity contribution < 1.29 is 14.1 Å². The highest BCUT2D eigenvalue weighted by Crippen LogP contribution is 2.26. The zero-order valence-electron chi connectivity index (χ0n) is 13.5. The number of benzene rings is 1. The topological polar surface area (TPSA) is 77.3 Å². The quantitative estimate of drug-likeness (QED) is 0.761. The molecule has 128 valence electrons. The van der Waals surface area contributed by atoms with Crippen molar-refractivity contribution in [2.24, 2.45) is 5.92 Å². The van der Waals surface area contributed by atoms with Crippen molar-refractivity contribution in [1.82, 2.24) is 15.5 Å². The first kappa shape index (κ1) is 15.8. The minimum absolute atomic E-state index is 0.0564. The Hall–Kier alpha value is -2.67. The first-order valence-corrected chi connectivity index (χ1v) is 8.98. The molecular formula is C18H17N3O3S. The largest absolute Gasteiger partial charge is 0.492 e. The first-order chi connectivity index (χ1) is 12.3. The van der Waals surface area contributed by atoms with E-state index in [1.165, 1.54) is 0 Å². The van der Waals surface area contributed by atoms with Crippen LogP contribution in [0, 0.1) is 5.92 Å². The van der Waals surface area contributed by atoms with Gasteiger partial charge < -0.3 is 14.6 Å². The monoisotopic (exact) mass is 355 g/mol. The van der Waals surface area contributed by atoms with Crippen LogP contribution >= 0.6 is 11.3 Å². The summed E-state index contributed by atoms with van der Waals surface area (Å²) in [4.78, 5) is 17.9. The Morgan fingerprint density at radius 3 is 3.08 bits per heavy atom. The Morgan fingerprint density at radius 1 is 1.28 bits per heavy atom. The van der Waals surface area contributed by atoms with E-state index in [9.17, 15) is 4.79 Å². The van der Waals surface area contributed by atoms with Crippen LogP contribution in [0.25, 0.3) is 0 Å². The van der Waals surface area contributed by atoms with Crippen molar-refractivity contribution in [3.63, 3.8) is 0 Å². The van der Waals surface area contributed by atoms with Crippen LogP contribution in [0.1, 0.15) is 22.2 Å². The summed E-state index contributed by atoms with van der Waals surface area (Å²) in [6.07, 6.45) is 1.30. The van der Waals surface area contributed by atoms with Gasteiger partial charge in [0.25, 0.3) is 0 Å². The van der Waals surface area contributed by atoms with E-state index in [1.54, 1.807) is 11.3 Å². The van der Waals surface area contributed by atoms with Crippen LogP contribution in [0.2, 0.25) is 0 Å². The maximum absolute atomic E-state index is 12.4. The van der Waals surface area contributed by atoms with Crippen LogP contribution in [0.5, 0.6) is 5.75 Å². The van der Waals surface area contributed by atoms with E-state index >= 15 is 0 Å². The van der Waals surface area contributed by atoms with Gasteiger partial charge in [0.15, 0.2) is 5.82 Å². The summed E-state index contributed by atoms with van der Waals surface area (Å²) < 4.78 is 10.9. The highest BCUT2D eigenvalue weighted by Gasteiger charge is 2.25. The summed E-state index contributed by atoms with van der Waals surface area (Å²) in [7, 11) is 0. The van der Waals surface area contributed by atoms with Gasteiger partial charge in [-0.25, -0.2) is 0 Å². The molecule has 0 spiro atoms. The van der Waals surface area contributed by atoms with Crippen molar-refractivity contribution in [3.05, 3.63) is 63.9 Å². The molecule has 0 saturated carbocycles. The molecule has 6 nitrogen and oxygen atoms in total. The Labute approximate surface area is 148 Å². The number of hydrogen-bond donors (Lipinski definition) is 1. The molecule has 1 aromatic carbocycles. The smallest absolute Gasteiger partial charge is 0.231 e. The fourth-order valence-electron chi connectivity index (χ4n) is 2.80. The predicted octanol–water partition coefficient (Wildman–Crippen LogP) is 2.59. The highest BCUT2D eigenvalue weighted by atomic mass is 32.1. The van der Waals surface area contributed by atoms with E-state index in [0.717, 1.165) is 16.2 Å². The normalized spacial score (nSPS) is 16.1. The van der Waals surface area contributed by atoms with E-state index < -0.39 is 0 Å². The Balaban J connectivity index is 1.31. The van der Waals surface area contributed by atoms with Crippen LogP contribution in [0.3, 0.4) is 0 Å². The van der Waals surface area contributed by atoms with E-state index in [2.05, 4.69) is 15.5 Å². The van der Waals surface area contributed by atoms with Crippen LogP contribution in [0.4, 0.5) is 0 Å². The summed E-state index contributed by atoms with van der Waals surface area (Å²) in [5.41, 5.74) is 1.06. The number of carbonyl (C=O) groups excluding carboxylic acids is 1. The third-order valence-corrected chi connectivity index (χ3v) is 4.96. The fourth-order valence-corrected chi connectivity index (χ4v) is 3.50. The average molecular weight is 355 g/mol. The number of rotatable bonds is 5. The molecule has 2 aromatic heterocycles. The second-order valence-corrected chi connectivity index (χ2v) is 6.93. The Bertz CT molecular complexity index is 860. The Morgan fingerprint density at radius 2 is 2.20 bits per heavy atom. The van der Waals surface area contributed by atoms with E-state index in [4.69, 9.17) is 9.26 Å². The van der Waals surface area contributed by atoms with Gasteiger partial charge in [-0.1, -0.05) is 29.4 Å². The van der Waals surface area contributed by atoms with Gasteiger partial charge in [0.2, 0.25) is 11.8 Å². The summed E-state index contributed by atoms with van der Waals surface area (Å²) in [6, 6.07) is 11.8. The highest BCUT2D eigenvalue weighted by molar-refractivity contribution is 7.09. The molecule has 3 aromatic rings. The number of thiophene rings is 1. The third kappa shape index (κ3) is 3.71. The maximum Gasteiger partial charge on any atom is 0.231 e. The van der Waals surface area contributed by atoms with Crippen molar-refractivity contribution in [1.29, 1.82) is 0 Å². The summed E-state index contributed by atoms with van der Waals surface area (Å²) in [6.45, 7) is 0.642. The van der Waals surface area contributed by atoms with Crippen molar-refractivity contribution >= 4 is 17.2 Å². The zero-order valence-corrected chi connectivity index (χ0v) is 14.3. The lowest BCUT2D eigenvalue weighted by atomic mass is 9.96.